The Labute approximate surface area is 126 Å². The molecule has 0 radical (unpaired) electrons. The Hall–Kier alpha value is -1.10. The van der Waals surface area contributed by atoms with Gasteiger partial charge in [0.25, 0.3) is 0 Å². The van der Waals surface area contributed by atoms with Crippen LogP contribution < -0.4 is 10.6 Å². The van der Waals surface area contributed by atoms with Crippen LogP contribution in [-0.4, -0.2) is 36.1 Å². The summed E-state index contributed by atoms with van der Waals surface area (Å²) in [6, 6.07) is 0.164. The van der Waals surface area contributed by atoms with Crippen LogP contribution in [0.25, 0.3) is 0 Å². The number of carboxylic acid groups (broad SMARTS) is 1. The molecule has 21 heavy (non-hydrogen) atoms. The van der Waals surface area contributed by atoms with Gasteiger partial charge in [0.15, 0.2) is 0 Å². The van der Waals surface area contributed by atoms with Crippen LogP contribution >= 0.6 is 0 Å². The highest BCUT2D eigenvalue weighted by Gasteiger charge is 2.39. The molecule has 1 aliphatic heterocycles. The molecule has 1 aliphatic carbocycles. The zero-order valence-corrected chi connectivity index (χ0v) is 13.0. The summed E-state index contributed by atoms with van der Waals surface area (Å²) in [5.41, 5.74) is -0.205. The second kappa shape index (κ2) is 7.25. The topological polar surface area (TPSA) is 78.4 Å². The van der Waals surface area contributed by atoms with Crippen LogP contribution in [0.4, 0.5) is 0 Å². The number of aliphatic carboxylic acids is 1. The zero-order chi connectivity index (χ0) is 15.3. The van der Waals surface area contributed by atoms with Gasteiger partial charge in [0.05, 0.1) is 11.3 Å². The van der Waals surface area contributed by atoms with E-state index in [0.29, 0.717) is 12.8 Å². The quantitative estimate of drug-likeness (QED) is 0.724. The van der Waals surface area contributed by atoms with E-state index in [1.807, 2.05) is 0 Å². The van der Waals surface area contributed by atoms with Crippen LogP contribution in [0.2, 0.25) is 0 Å². The summed E-state index contributed by atoms with van der Waals surface area (Å²) in [5, 5.41) is 15.6. The van der Waals surface area contributed by atoms with Gasteiger partial charge in [-0.3, -0.25) is 9.59 Å². The molecule has 3 N–H and O–H groups in total. The normalized spacial score (nSPS) is 28.8. The summed E-state index contributed by atoms with van der Waals surface area (Å²) in [7, 11) is 0. The van der Waals surface area contributed by atoms with Gasteiger partial charge in [-0.1, -0.05) is 13.3 Å². The molecule has 0 aromatic heterocycles. The Morgan fingerprint density at radius 1 is 1.19 bits per heavy atom. The highest BCUT2D eigenvalue weighted by atomic mass is 16.4. The first-order valence-corrected chi connectivity index (χ1v) is 8.32. The Bertz CT molecular complexity index is 364. The minimum Gasteiger partial charge on any atom is -0.481 e. The van der Waals surface area contributed by atoms with Gasteiger partial charge in [0, 0.05) is 6.04 Å². The van der Waals surface area contributed by atoms with Gasteiger partial charge < -0.3 is 15.7 Å². The van der Waals surface area contributed by atoms with Gasteiger partial charge in [-0.2, -0.15) is 0 Å². The summed E-state index contributed by atoms with van der Waals surface area (Å²) in [6.45, 7) is 3.97. The van der Waals surface area contributed by atoms with E-state index in [0.717, 1.165) is 51.6 Å². The molecule has 0 aromatic rings. The molecule has 0 atom stereocenters. The summed E-state index contributed by atoms with van der Waals surface area (Å²) in [5.74, 6) is -0.716. The number of piperidine rings is 1. The van der Waals surface area contributed by atoms with Crippen molar-refractivity contribution in [1.29, 1.82) is 0 Å². The molecule has 2 rings (SSSR count). The standard InChI is InChI=1S/C16H28N2O3/c1-2-7-16(8-10-17-11-9-16)15(21)18-13-5-3-12(4-6-13)14(19)20/h12-13,17H,2-11H2,1H3,(H,18,21)(H,19,20). The smallest absolute Gasteiger partial charge is 0.306 e. The molecule has 0 aromatic carbocycles. The molecule has 5 heteroatoms. The van der Waals surface area contributed by atoms with Crippen LogP contribution in [0, 0.1) is 11.3 Å². The van der Waals surface area contributed by atoms with E-state index in [2.05, 4.69) is 17.6 Å². The molecule has 2 aliphatic rings. The van der Waals surface area contributed by atoms with Gasteiger partial charge in [0.1, 0.15) is 0 Å². The van der Waals surface area contributed by atoms with E-state index < -0.39 is 5.97 Å². The summed E-state index contributed by atoms with van der Waals surface area (Å²) in [4.78, 5) is 23.7. The van der Waals surface area contributed by atoms with Gasteiger partial charge in [-0.15, -0.1) is 0 Å². The van der Waals surface area contributed by atoms with E-state index in [1.165, 1.54) is 0 Å². The first-order chi connectivity index (χ1) is 10.1. The maximum Gasteiger partial charge on any atom is 0.306 e. The zero-order valence-electron chi connectivity index (χ0n) is 13.0. The SMILES string of the molecule is CCCC1(C(=O)NC2CCC(C(=O)O)CC2)CCNCC1. The number of carboxylic acids is 1. The predicted molar refractivity (Wildman–Crippen MR) is 81.0 cm³/mol. The minimum atomic E-state index is -0.694. The fraction of sp³-hybridized carbons (Fsp3) is 0.875. The first kappa shape index (κ1) is 16.3. The summed E-state index contributed by atoms with van der Waals surface area (Å²) in [6.07, 6.45) is 6.76. The third-order valence-corrected chi connectivity index (χ3v) is 5.18. The van der Waals surface area contributed by atoms with Crippen LogP contribution in [0.3, 0.4) is 0 Å². The molecule has 5 nitrogen and oxygen atoms in total. The van der Waals surface area contributed by atoms with Crippen molar-refractivity contribution in [2.75, 3.05) is 13.1 Å². The van der Waals surface area contributed by atoms with E-state index in [-0.39, 0.29) is 23.3 Å². The van der Waals surface area contributed by atoms with E-state index >= 15 is 0 Å². The van der Waals surface area contributed by atoms with E-state index in [4.69, 9.17) is 5.11 Å². The van der Waals surface area contributed by atoms with Crippen molar-refractivity contribution < 1.29 is 14.7 Å². The number of nitrogens with one attached hydrogen (secondary N) is 2. The van der Waals surface area contributed by atoms with Gasteiger partial charge in [0.2, 0.25) is 5.91 Å². The van der Waals surface area contributed by atoms with Crippen molar-refractivity contribution in [2.24, 2.45) is 11.3 Å². The minimum absolute atomic E-state index is 0.164. The second-order valence-corrected chi connectivity index (χ2v) is 6.64. The van der Waals surface area contributed by atoms with Crippen molar-refractivity contribution in [3.8, 4) is 0 Å². The Balaban J connectivity index is 1.89. The molecule has 1 amide bonds. The van der Waals surface area contributed by atoms with Crippen molar-refractivity contribution in [2.45, 2.75) is 64.3 Å². The van der Waals surface area contributed by atoms with Gasteiger partial charge in [-0.05, 0) is 58.0 Å². The summed E-state index contributed by atoms with van der Waals surface area (Å²) < 4.78 is 0. The van der Waals surface area contributed by atoms with Crippen molar-refractivity contribution in [1.82, 2.24) is 10.6 Å². The van der Waals surface area contributed by atoms with Crippen LogP contribution in [0.1, 0.15) is 58.3 Å². The largest absolute Gasteiger partial charge is 0.481 e. The van der Waals surface area contributed by atoms with Crippen LogP contribution in [-0.2, 0) is 9.59 Å². The number of carbonyl (C=O) groups excluding carboxylic acids is 1. The van der Waals surface area contributed by atoms with Gasteiger partial charge in [-0.25, -0.2) is 0 Å². The lowest BCUT2D eigenvalue weighted by Crippen LogP contribution is -2.51. The Morgan fingerprint density at radius 3 is 2.33 bits per heavy atom. The van der Waals surface area contributed by atoms with Crippen molar-refractivity contribution in [3.63, 3.8) is 0 Å². The first-order valence-electron chi connectivity index (χ1n) is 8.32. The maximum absolute atomic E-state index is 12.7. The maximum atomic E-state index is 12.7. The molecule has 1 saturated carbocycles. The number of hydrogen-bond acceptors (Lipinski definition) is 3. The molecule has 1 heterocycles. The van der Waals surface area contributed by atoms with Gasteiger partial charge >= 0.3 is 5.97 Å². The fourth-order valence-electron chi connectivity index (χ4n) is 3.80. The number of carbonyl (C=O) groups is 2. The lowest BCUT2D eigenvalue weighted by Gasteiger charge is -2.38. The lowest BCUT2D eigenvalue weighted by molar-refractivity contribution is -0.143. The van der Waals surface area contributed by atoms with Crippen LogP contribution in [0.15, 0.2) is 0 Å². The predicted octanol–water partition coefficient (Wildman–Crippen LogP) is 1.92. The van der Waals surface area contributed by atoms with E-state index in [1.54, 1.807) is 0 Å². The highest BCUT2D eigenvalue weighted by Crippen LogP contribution is 2.35. The summed E-state index contributed by atoms with van der Waals surface area (Å²) >= 11 is 0. The molecule has 0 bridgehead atoms. The van der Waals surface area contributed by atoms with Crippen molar-refractivity contribution >= 4 is 11.9 Å². The number of hydrogen-bond donors (Lipinski definition) is 3. The fourth-order valence-corrected chi connectivity index (χ4v) is 3.80. The molecule has 0 spiro atoms. The molecule has 2 fully saturated rings. The monoisotopic (exact) mass is 296 g/mol. The lowest BCUT2D eigenvalue weighted by atomic mass is 9.74. The Morgan fingerprint density at radius 2 is 1.81 bits per heavy atom. The molecular formula is C16H28N2O3. The highest BCUT2D eigenvalue weighted by molar-refractivity contribution is 5.83. The van der Waals surface area contributed by atoms with Crippen LogP contribution in [0.5, 0.6) is 0 Å². The Kier molecular flexibility index (Phi) is 5.62. The van der Waals surface area contributed by atoms with E-state index in [9.17, 15) is 9.59 Å². The number of amides is 1. The molecule has 1 saturated heterocycles. The molecule has 120 valence electrons. The number of rotatable bonds is 5. The molecule has 0 unspecified atom stereocenters. The third-order valence-electron chi connectivity index (χ3n) is 5.18. The van der Waals surface area contributed by atoms with Crippen molar-refractivity contribution in [3.05, 3.63) is 0 Å². The second-order valence-electron chi connectivity index (χ2n) is 6.64. The molecular weight excluding hydrogens is 268 g/mol. The third kappa shape index (κ3) is 3.96. The average molecular weight is 296 g/mol. The average Bonchev–Trinajstić information content (AvgIpc) is 2.49.